The summed E-state index contributed by atoms with van der Waals surface area (Å²) in [6.07, 6.45) is 4.89. The maximum absolute atomic E-state index is 13.7. The van der Waals surface area contributed by atoms with Gasteiger partial charge in [0.1, 0.15) is 0 Å². The number of halogens is 3. The second kappa shape index (κ2) is 6.59. The van der Waals surface area contributed by atoms with Crippen molar-refractivity contribution >= 4 is 10.0 Å². The molecule has 2 aliphatic carbocycles. The minimum Gasteiger partial charge on any atom is -0.236 e. The molecule has 2 aromatic rings. The largest absolute Gasteiger partial charge is 0.435 e. The van der Waals surface area contributed by atoms with Crippen molar-refractivity contribution in [1.29, 1.82) is 0 Å². The van der Waals surface area contributed by atoms with Crippen LogP contribution in [0.1, 0.15) is 48.0 Å². The molecule has 1 unspecified atom stereocenters. The summed E-state index contributed by atoms with van der Waals surface area (Å²) in [6.45, 7) is 0. The minimum absolute atomic E-state index is 0.107. The van der Waals surface area contributed by atoms with Crippen molar-refractivity contribution in [2.24, 2.45) is 5.14 Å². The van der Waals surface area contributed by atoms with Gasteiger partial charge < -0.3 is 0 Å². The van der Waals surface area contributed by atoms with E-state index < -0.39 is 21.9 Å². The number of nitrogens with two attached hydrogens (primary N) is 1. The maximum atomic E-state index is 13.7. The normalized spacial score (nSPS) is 19.9. The highest BCUT2D eigenvalue weighted by Crippen LogP contribution is 2.50. The molecule has 28 heavy (non-hydrogen) atoms. The molecule has 0 saturated heterocycles. The smallest absolute Gasteiger partial charge is 0.236 e. The van der Waals surface area contributed by atoms with Crippen LogP contribution in [0.2, 0.25) is 0 Å². The lowest BCUT2D eigenvalue weighted by Crippen LogP contribution is -2.13. The van der Waals surface area contributed by atoms with E-state index in [0.717, 1.165) is 0 Å². The molecule has 1 atom stereocenters. The van der Waals surface area contributed by atoms with Crippen LogP contribution >= 0.6 is 0 Å². The topological polar surface area (TPSA) is 78.0 Å². The third-order valence-corrected chi connectivity index (χ3v) is 5.88. The van der Waals surface area contributed by atoms with Gasteiger partial charge in [0.2, 0.25) is 10.0 Å². The molecule has 1 heterocycles. The Balaban J connectivity index is 1.91. The predicted octanol–water partition coefficient (Wildman–Crippen LogP) is 4.02. The van der Waals surface area contributed by atoms with E-state index in [2.05, 4.69) is 5.10 Å². The molecule has 0 aliphatic heterocycles. The Bertz CT molecular complexity index is 1060. The Labute approximate surface area is 160 Å². The van der Waals surface area contributed by atoms with E-state index in [1.807, 2.05) is 24.3 Å². The van der Waals surface area contributed by atoms with Crippen molar-refractivity contribution < 1.29 is 21.6 Å². The van der Waals surface area contributed by atoms with Gasteiger partial charge in [0.15, 0.2) is 5.69 Å². The number of primary sulfonamides is 1. The molecule has 1 fully saturated rings. The Morgan fingerprint density at radius 1 is 1.11 bits per heavy atom. The summed E-state index contributed by atoms with van der Waals surface area (Å²) in [4.78, 5) is -0.107. The summed E-state index contributed by atoms with van der Waals surface area (Å²) >= 11 is 0. The lowest BCUT2D eigenvalue weighted by atomic mass is 9.91. The van der Waals surface area contributed by atoms with Gasteiger partial charge in [-0.2, -0.15) is 18.3 Å². The molecule has 2 N–H and O–H groups in total. The number of hydrogen-bond donors (Lipinski definition) is 1. The Hall–Kier alpha value is -2.39. The van der Waals surface area contributed by atoms with E-state index in [4.69, 9.17) is 5.14 Å². The molecule has 0 amide bonds. The average Bonchev–Trinajstić information content (AvgIpc) is 3.39. The van der Waals surface area contributed by atoms with Crippen molar-refractivity contribution in [1.82, 2.24) is 9.78 Å². The van der Waals surface area contributed by atoms with Gasteiger partial charge in [-0.05, 0) is 49.4 Å². The van der Waals surface area contributed by atoms with Crippen molar-refractivity contribution in [3.8, 4) is 5.69 Å². The number of allylic oxidation sites excluding steroid dienone is 4. The summed E-state index contributed by atoms with van der Waals surface area (Å²) in [5, 5.41) is 9.04. The molecule has 5 nitrogen and oxygen atoms in total. The van der Waals surface area contributed by atoms with E-state index in [1.54, 1.807) is 0 Å². The van der Waals surface area contributed by atoms with E-state index in [9.17, 15) is 21.6 Å². The van der Waals surface area contributed by atoms with Gasteiger partial charge in [-0.15, -0.1) is 0 Å². The van der Waals surface area contributed by atoms with Crippen LogP contribution in [0, 0.1) is 0 Å². The van der Waals surface area contributed by atoms with Crippen LogP contribution in [0.4, 0.5) is 13.2 Å². The van der Waals surface area contributed by atoms with Gasteiger partial charge in [-0.1, -0.05) is 24.3 Å². The first-order valence-electron chi connectivity index (χ1n) is 8.83. The van der Waals surface area contributed by atoms with Crippen molar-refractivity contribution in [2.75, 3.05) is 0 Å². The number of benzene rings is 1. The summed E-state index contributed by atoms with van der Waals surface area (Å²) < 4.78 is 65.4. The monoisotopic (exact) mass is 409 g/mol. The van der Waals surface area contributed by atoms with Crippen LogP contribution in [0.5, 0.6) is 0 Å². The molecule has 148 valence electrons. The highest BCUT2D eigenvalue weighted by atomic mass is 32.2. The second-order valence-electron chi connectivity index (χ2n) is 7.03. The lowest BCUT2D eigenvalue weighted by Gasteiger charge is -2.18. The molecular weight excluding hydrogens is 391 g/mol. The van der Waals surface area contributed by atoms with Gasteiger partial charge in [0.05, 0.1) is 16.3 Å². The number of hydrogen-bond acceptors (Lipinski definition) is 3. The van der Waals surface area contributed by atoms with Crippen LogP contribution in [-0.4, -0.2) is 18.2 Å². The number of alkyl halides is 3. The third kappa shape index (κ3) is 3.51. The quantitative estimate of drug-likeness (QED) is 0.829. The molecule has 1 aromatic carbocycles. The second-order valence-corrected chi connectivity index (χ2v) is 8.59. The number of sulfonamides is 1. The van der Waals surface area contributed by atoms with Crippen LogP contribution in [0.15, 0.2) is 53.5 Å². The summed E-state index contributed by atoms with van der Waals surface area (Å²) in [5.74, 6) is -0.384. The van der Waals surface area contributed by atoms with E-state index in [0.29, 0.717) is 30.6 Å². The first kappa shape index (κ1) is 18.9. The van der Waals surface area contributed by atoms with E-state index >= 15 is 0 Å². The van der Waals surface area contributed by atoms with Gasteiger partial charge in [-0.3, -0.25) is 0 Å². The molecule has 9 heteroatoms. The number of aromatic nitrogens is 2. The van der Waals surface area contributed by atoms with Crippen LogP contribution < -0.4 is 5.14 Å². The Morgan fingerprint density at radius 3 is 2.29 bits per heavy atom. The summed E-state index contributed by atoms with van der Waals surface area (Å²) in [5.41, 5.74) is 0.276. The first-order chi connectivity index (χ1) is 13.2. The fraction of sp³-hybridized carbons (Fsp3) is 0.316. The Kier molecular flexibility index (Phi) is 4.46. The minimum atomic E-state index is -4.56. The van der Waals surface area contributed by atoms with E-state index in [-0.39, 0.29) is 22.3 Å². The number of nitrogens with zero attached hydrogens (tertiary/aromatic N) is 2. The van der Waals surface area contributed by atoms with Crippen LogP contribution in [-0.2, 0) is 16.2 Å². The van der Waals surface area contributed by atoms with Gasteiger partial charge in [0.25, 0.3) is 0 Å². The Morgan fingerprint density at radius 2 is 1.79 bits per heavy atom. The summed E-state index contributed by atoms with van der Waals surface area (Å²) in [6, 6.07) is 5.40. The zero-order chi connectivity index (χ0) is 20.1. The fourth-order valence-electron chi connectivity index (χ4n) is 3.54. The molecule has 1 saturated carbocycles. The average molecular weight is 409 g/mol. The van der Waals surface area contributed by atoms with E-state index in [1.165, 1.54) is 28.9 Å². The van der Waals surface area contributed by atoms with Gasteiger partial charge in [0, 0.05) is 11.5 Å². The molecule has 0 spiro atoms. The zero-order valence-corrected chi connectivity index (χ0v) is 15.5. The first-order valence-corrected chi connectivity index (χ1v) is 10.4. The SMILES string of the molecule is NS(=O)(=O)c1ccc(-n2nc(C(F)(F)F)c(C3CC3)c2C2C=CC=CC2)cc1. The van der Waals surface area contributed by atoms with Crippen LogP contribution in [0.3, 0.4) is 0 Å². The molecule has 2 aliphatic rings. The van der Waals surface area contributed by atoms with Crippen molar-refractivity contribution in [3.63, 3.8) is 0 Å². The predicted molar refractivity (Wildman–Crippen MR) is 97.6 cm³/mol. The maximum Gasteiger partial charge on any atom is 0.435 e. The standard InChI is InChI=1S/C19H18F3N3O2S/c20-19(21,22)18-16(12-6-7-12)17(13-4-2-1-3-5-13)25(24-18)14-8-10-15(11-9-14)28(23,26)27/h1-4,8-13H,5-7H2,(H2,23,26,27). The molecule has 0 radical (unpaired) electrons. The molecule has 0 bridgehead atoms. The third-order valence-electron chi connectivity index (χ3n) is 4.96. The summed E-state index contributed by atoms with van der Waals surface area (Å²) in [7, 11) is -3.89. The molecule has 1 aromatic heterocycles. The number of rotatable bonds is 4. The molecule has 4 rings (SSSR count). The van der Waals surface area contributed by atoms with Gasteiger partial charge in [-0.25, -0.2) is 18.2 Å². The highest BCUT2D eigenvalue weighted by Gasteiger charge is 2.45. The van der Waals surface area contributed by atoms with Crippen molar-refractivity contribution in [2.45, 2.75) is 42.2 Å². The fourth-order valence-corrected chi connectivity index (χ4v) is 4.06. The highest BCUT2D eigenvalue weighted by molar-refractivity contribution is 7.89. The lowest BCUT2D eigenvalue weighted by molar-refractivity contribution is -0.142. The van der Waals surface area contributed by atoms with Gasteiger partial charge >= 0.3 is 6.18 Å². The zero-order valence-electron chi connectivity index (χ0n) is 14.7. The van der Waals surface area contributed by atoms with Crippen LogP contribution in [0.25, 0.3) is 5.69 Å². The van der Waals surface area contributed by atoms with Crippen molar-refractivity contribution in [3.05, 3.63) is 65.5 Å². The molecular formula is C19H18F3N3O2S.